The van der Waals surface area contributed by atoms with Crippen LogP contribution in [0, 0.1) is 6.92 Å². The minimum Gasteiger partial charge on any atom is -0.492 e. The maximum Gasteiger partial charge on any atom is 0.231 e. The number of carbonyl (C=O) groups is 1. The van der Waals surface area contributed by atoms with Crippen LogP contribution in [0.1, 0.15) is 22.7 Å². The highest BCUT2D eigenvalue weighted by Gasteiger charge is 2.29. The number of aromatic nitrogens is 2. The molecule has 0 fully saturated rings. The summed E-state index contributed by atoms with van der Waals surface area (Å²) in [5.41, 5.74) is 2.94. The van der Waals surface area contributed by atoms with Crippen molar-refractivity contribution in [3.63, 3.8) is 0 Å². The number of aromatic amines is 1. The average Bonchev–Trinajstić information content (AvgIpc) is 3.02. The zero-order chi connectivity index (χ0) is 13.2. The highest BCUT2D eigenvalue weighted by atomic mass is 16.5. The summed E-state index contributed by atoms with van der Waals surface area (Å²) in [6, 6.07) is 7.67. The summed E-state index contributed by atoms with van der Waals surface area (Å²) in [5.74, 6) is 0.580. The van der Waals surface area contributed by atoms with Crippen molar-refractivity contribution < 1.29 is 9.53 Å². The number of hydrogen-bond acceptors (Lipinski definition) is 3. The van der Waals surface area contributed by atoms with E-state index in [4.69, 9.17) is 4.74 Å². The second-order valence-electron chi connectivity index (χ2n) is 4.64. The molecule has 2 heterocycles. The topological polar surface area (TPSA) is 67.0 Å². The van der Waals surface area contributed by atoms with Crippen LogP contribution in [0.3, 0.4) is 0 Å². The summed E-state index contributed by atoms with van der Waals surface area (Å²) in [4.78, 5) is 12.2. The third-order valence-electron chi connectivity index (χ3n) is 3.40. The molecule has 5 heteroatoms. The second-order valence-corrected chi connectivity index (χ2v) is 4.64. The van der Waals surface area contributed by atoms with Gasteiger partial charge in [0.15, 0.2) is 0 Å². The van der Waals surface area contributed by atoms with Crippen molar-refractivity contribution in [2.75, 3.05) is 6.61 Å². The number of nitrogens with one attached hydrogen (secondary N) is 2. The Hall–Kier alpha value is -2.30. The van der Waals surface area contributed by atoms with Gasteiger partial charge in [-0.1, -0.05) is 18.2 Å². The third kappa shape index (κ3) is 2.19. The highest BCUT2D eigenvalue weighted by molar-refractivity contribution is 5.85. The molecule has 1 atom stereocenters. The van der Waals surface area contributed by atoms with E-state index in [1.54, 1.807) is 6.20 Å². The quantitative estimate of drug-likeness (QED) is 0.875. The standard InChI is InChI=1S/C14H15N3O2/c1-9-10(7-16-17-9)6-15-14(18)12-8-19-13-5-3-2-4-11(12)13/h2-5,7,12H,6,8H2,1H3,(H,15,18)(H,16,17)/t12-/m0/s1. The predicted octanol–water partition coefficient (Wildman–Crippen LogP) is 1.51. The predicted molar refractivity (Wildman–Crippen MR) is 69.8 cm³/mol. The molecule has 0 saturated heterocycles. The maximum absolute atomic E-state index is 12.2. The normalized spacial score (nSPS) is 16.8. The van der Waals surface area contributed by atoms with E-state index in [2.05, 4.69) is 15.5 Å². The van der Waals surface area contributed by atoms with Gasteiger partial charge < -0.3 is 10.1 Å². The van der Waals surface area contributed by atoms with Crippen molar-refractivity contribution in [3.8, 4) is 5.75 Å². The fraction of sp³-hybridized carbons (Fsp3) is 0.286. The lowest BCUT2D eigenvalue weighted by atomic mass is 10.0. The molecule has 1 aliphatic rings. The second kappa shape index (κ2) is 4.76. The Morgan fingerprint density at radius 3 is 3.16 bits per heavy atom. The molecule has 98 valence electrons. The lowest BCUT2D eigenvalue weighted by Gasteiger charge is -2.09. The Bertz CT molecular complexity index is 606. The number of benzene rings is 1. The molecule has 0 bridgehead atoms. The number of H-pyrrole nitrogens is 1. The van der Waals surface area contributed by atoms with Gasteiger partial charge in [0.05, 0.1) is 6.20 Å². The van der Waals surface area contributed by atoms with E-state index < -0.39 is 0 Å². The first-order valence-corrected chi connectivity index (χ1v) is 6.24. The number of para-hydroxylation sites is 1. The number of rotatable bonds is 3. The molecule has 0 radical (unpaired) electrons. The molecule has 2 N–H and O–H groups in total. The Morgan fingerprint density at radius 2 is 2.37 bits per heavy atom. The number of aryl methyl sites for hydroxylation is 1. The maximum atomic E-state index is 12.2. The first-order chi connectivity index (χ1) is 9.25. The molecule has 0 unspecified atom stereocenters. The van der Waals surface area contributed by atoms with Crippen molar-refractivity contribution in [2.24, 2.45) is 0 Å². The molecule has 0 aliphatic carbocycles. The average molecular weight is 257 g/mol. The number of amides is 1. The molecule has 5 nitrogen and oxygen atoms in total. The minimum atomic E-state index is -0.219. The third-order valence-corrected chi connectivity index (χ3v) is 3.40. The van der Waals surface area contributed by atoms with Gasteiger partial charge in [0.25, 0.3) is 0 Å². The van der Waals surface area contributed by atoms with Crippen molar-refractivity contribution in [3.05, 3.63) is 47.3 Å². The van der Waals surface area contributed by atoms with E-state index in [-0.39, 0.29) is 11.8 Å². The summed E-state index contributed by atoms with van der Waals surface area (Å²) in [6.07, 6.45) is 1.73. The molecule has 19 heavy (non-hydrogen) atoms. The molecular formula is C14H15N3O2. The van der Waals surface area contributed by atoms with Crippen LogP contribution in [0.15, 0.2) is 30.5 Å². The summed E-state index contributed by atoms with van der Waals surface area (Å²) < 4.78 is 5.51. The van der Waals surface area contributed by atoms with Crippen molar-refractivity contribution in [1.82, 2.24) is 15.5 Å². The van der Waals surface area contributed by atoms with Gasteiger partial charge in [-0.15, -0.1) is 0 Å². The monoisotopic (exact) mass is 257 g/mol. The van der Waals surface area contributed by atoms with E-state index in [1.807, 2.05) is 31.2 Å². The SMILES string of the molecule is Cc1[nH]ncc1CNC(=O)[C@H]1COc2ccccc21. The van der Waals surface area contributed by atoms with E-state index in [1.165, 1.54) is 0 Å². The Morgan fingerprint density at radius 1 is 1.53 bits per heavy atom. The molecule has 1 amide bonds. The van der Waals surface area contributed by atoms with E-state index in [0.717, 1.165) is 22.6 Å². The molecule has 1 aromatic heterocycles. The Labute approximate surface area is 111 Å². The molecule has 0 spiro atoms. The van der Waals surface area contributed by atoms with Crippen molar-refractivity contribution in [2.45, 2.75) is 19.4 Å². The van der Waals surface area contributed by atoms with Gasteiger partial charge in [0, 0.05) is 23.4 Å². The van der Waals surface area contributed by atoms with Crippen LogP contribution in [-0.2, 0) is 11.3 Å². The summed E-state index contributed by atoms with van der Waals surface area (Å²) in [7, 11) is 0. The van der Waals surface area contributed by atoms with Gasteiger partial charge in [-0.05, 0) is 13.0 Å². The van der Waals surface area contributed by atoms with Gasteiger partial charge in [-0.2, -0.15) is 5.10 Å². The van der Waals surface area contributed by atoms with Gasteiger partial charge in [0.2, 0.25) is 5.91 Å². The molecule has 3 rings (SSSR count). The zero-order valence-electron chi connectivity index (χ0n) is 10.6. The number of ether oxygens (including phenoxy) is 1. The van der Waals surface area contributed by atoms with Crippen LogP contribution in [0.5, 0.6) is 5.75 Å². The summed E-state index contributed by atoms with van der Waals surface area (Å²) in [5, 5.41) is 9.71. The molecule has 2 aromatic rings. The number of carbonyl (C=O) groups excluding carboxylic acids is 1. The molecule has 1 aliphatic heterocycles. The highest BCUT2D eigenvalue weighted by Crippen LogP contribution is 2.33. The fourth-order valence-electron chi connectivity index (χ4n) is 2.24. The van der Waals surface area contributed by atoms with Crippen LogP contribution in [0.2, 0.25) is 0 Å². The van der Waals surface area contributed by atoms with E-state index in [0.29, 0.717) is 13.2 Å². The lowest BCUT2D eigenvalue weighted by molar-refractivity contribution is -0.122. The van der Waals surface area contributed by atoms with Gasteiger partial charge in [-0.3, -0.25) is 9.89 Å². The number of hydrogen-bond donors (Lipinski definition) is 2. The Kier molecular flexibility index (Phi) is 2.95. The van der Waals surface area contributed by atoms with Crippen LogP contribution in [0.4, 0.5) is 0 Å². The lowest BCUT2D eigenvalue weighted by Crippen LogP contribution is -2.29. The van der Waals surface area contributed by atoms with Crippen LogP contribution >= 0.6 is 0 Å². The van der Waals surface area contributed by atoms with Crippen LogP contribution < -0.4 is 10.1 Å². The Balaban J connectivity index is 1.68. The van der Waals surface area contributed by atoms with Crippen LogP contribution in [0.25, 0.3) is 0 Å². The van der Waals surface area contributed by atoms with Gasteiger partial charge >= 0.3 is 0 Å². The van der Waals surface area contributed by atoms with Gasteiger partial charge in [0.1, 0.15) is 18.3 Å². The summed E-state index contributed by atoms with van der Waals surface area (Å²) >= 11 is 0. The zero-order valence-corrected chi connectivity index (χ0v) is 10.6. The minimum absolute atomic E-state index is 0.00875. The first-order valence-electron chi connectivity index (χ1n) is 6.24. The largest absolute Gasteiger partial charge is 0.492 e. The van der Waals surface area contributed by atoms with Crippen molar-refractivity contribution in [1.29, 1.82) is 0 Å². The van der Waals surface area contributed by atoms with Crippen molar-refractivity contribution >= 4 is 5.91 Å². The van der Waals surface area contributed by atoms with E-state index >= 15 is 0 Å². The smallest absolute Gasteiger partial charge is 0.231 e. The van der Waals surface area contributed by atoms with Gasteiger partial charge in [-0.25, -0.2) is 0 Å². The first kappa shape index (κ1) is 11.8. The molecule has 0 saturated carbocycles. The number of fused-ring (bicyclic) bond motifs is 1. The summed E-state index contributed by atoms with van der Waals surface area (Å²) in [6.45, 7) is 2.83. The number of nitrogens with zero attached hydrogens (tertiary/aromatic N) is 1. The molecular weight excluding hydrogens is 242 g/mol. The molecule has 1 aromatic carbocycles. The van der Waals surface area contributed by atoms with Crippen LogP contribution in [-0.4, -0.2) is 22.7 Å². The fourth-order valence-corrected chi connectivity index (χ4v) is 2.24. The van der Waals surface area contributed by atoms with E-state index in [9.17, 15) is 4.79 Å².